The first-order valence-corrected chi connectivity index (χ1v) is 8.15. The maximum atomic E-state index is 12.4. The molecule has 0 aliphatic carbocycles. The first kappa shape index (κ1) is 17.5. The van der Waals surface area contributed by atoms with Crippen LogP contribution in [-0.2, 0) is 9.59 Å². The fourth-order valence-electron chi connectivity index (χ4n) is 2.93. The number of carbonyl (C=O) groups excluding carboxylic acids is 2. The number of carbonyl (C=O) groups is 3. The highest BCUT2D eigenvalue weighted by Gasteiger charge is 2.40. The predicted molar refractivity (Wildman–Crippen MR) is 92.5 cm³/mol. The minimum atomic E-state index is -1.09. The quantitative estimate of drug-likeness (QED) is 0.589. The average Bonchev–Trinajstić information content (AvgIpc) is 3.30. The van der Waals surface area contributed by atoms with Gasteiger partial charge in [0.1, 0.15) is 11.9 Å². The highest BCUT2D eigenvalue weighted by Crippen LogP contribution is 2.19. The molecule has 0 unspecified atom stereocenters. The van der Waals surface area contributed by atoms with Crippen LogP contribution in [0.25, 0.3) is 0 Å². The Hall–Kier alpha value is -3.36. The number of nitrogens with zero attached hydrogens (tertiary/aromatic N) is 2. The number of imidazole rings is 1. The number of benzene rings is 1. The van der Waals surface area contributed by atoms with E-state index in [1.165, 1.54) is 11.2 Å². The Balaban J connectivity index is 1.61. The molecule has 1 aromatic carbocycles. The lowest BCUT2D eigenvalue weighted by molar-refractivity contribution is -0.147. The van der Waals surface area contributed by atoms with E-state index >= 15 is 0 Å². The van der Waals surface area contributed by atoms with Crippen LogP contribution >= 0.6 is 0 Å². The minimum Gasteiger partial charge on any atom is -0.480 e. The summed E-state index contributed by atoms with van der Waals surface area (Å²) in [6.07, 6.45) is 3.23. The van der Waals surface area contributed by atoms with Crippen molar-refractivity contribution in [2.75, 3.05) is 18.4 Å². The molecule has 2 amide bonds. The Morgan fingerprint density at radius 1 is 1.27 bits per heavy atom. The van der Waals surface area contributed by atoms with Crippen molar-refractivity contribution in [2.24, 2.45) is 0 Å². The molecule has 1 aliphatic rings. The normalized spacial score (nSPS) is 19.2. The standard InChI is InChI=1S/C17H19N5O4/c23-15(8-19-14-7-18-10-20-14)22-9-12(6-13(22)17(25)26)21-16(24)11-4-2-1-3-5-11/h1-5,7,10,12-13,19H,6,8-9H2,(H,18,20)(H,21,24)(H,25,26)/t12-,13+/m1/s1. The maximum Gasteiger partial charge on any atom is 0.326 e. The molecule has 9 heteroatoms. The van der Waals surface area contributed by atoms with Gasteiger partial charge in [-0.2, -0.15) is 0 Å². The number of aliphatic carboxylic acids is 1. The second kappa shape index (κ2) is 7.68. The van der Waals surface area contributed by atoms with E-state index in [4.69, 9.17) is 0 Å². The van der Waals surface area contributed by atoms with Gasteiger partial charge in [-0.1, -0.05) is 18.2 Å². The van der Waals surface area contributed by atoms with Gasteiger partial charge >= 0.3 is 5.97 Å². The molecule has 1 aromatic heterocycles. The van der Waals surface area contributed by atoms with Crippen molar-refractivity contribution < 1.29 is 19.5 Å². The number of aromatic nitrogens is 2. The monoisotopic (exact) mass is 357 g/mol. The van der Waals surface area contributed by atoms with Gasteiger partial charge in [-0.25, -0.2) is 9.78 Å². The molecule has 1 fully saturated rings. The van der Waals surface area contributed by atoms with E-state index in [2.05, 4.69) is 20.6 Å². The molecule has 9 nitrogen and oxygen atoms in total. The molecule has 1 saturated heterocycles. The fourth-order valence-corrected chi connectivity index (χ4v) is 2.93. The summed E-state index contributed by atoms with van der Waals surface area (Å²) in [6.45, 7) is 0.0740. The molecule has 2 atom stereocenters. The van der Waals surface area contributed by atoms with Crippen molar-refractivity contribution in [1.82, 2.24) is 20.2 Å². The van der Waals surface area contributed by atoms with E-state index in [0.717, 1.165) is 0 Å². The minimum absolute atomic E-state index is 0.0754. The number of aromatic amines is 1. The smallest absolute Gasteiger partial charge is 0.326 e. The number of carboxylic acids is 1. The summed E-state index contributed by atoms with van der Waals surface area (Å²) >= 11 is 0. The van der Waals surface area contributed by atoms with E-state index < -0.39 is 18.1 Å². The Bertz CT molecular complexity index is 778. The van der Waals surface area contributed by atoms with Gasteiger partial charge in [0.05, 0.1) is 12.9 Å². The lowest BCUT2D eigenvalue weighted by Gasteiger charge is -2.21. The zero-order chi connectivity index (χ0) is 18.5. The van der Waals surface area contributed by atoms with Crippen LogP contribution in [0.3, 0.4) is 0 Å². The molecule has 3 rings (SSSR count). The highest BCUT2D eigenvalue weighted by molar-refractivity contribution is 5.94. The lowest BCUT2D eigenvalue weighted by atomic mass is 10.1. The third kappa shape index (κ3) is 4.00. The molecule has 4 N–H and O–H groups in total. The Morgan fingerprint density at radius 3 is 2.69 bits per heavy atom. The third-order valence-electron chi connectivity index (χ3n) is 4.20. The van der Waals surface area contributed by atoms with Gasteiger partial charge < -0.3 is 25.6 Å². The number of amides is 2. The van der Waals surface area contributed by atoms with Gasteiger partial charge in [-0.15, -0.1) is 0 Å². The molecule has 136 valence electrons. The van der Waals surface area contributed by atoms with Crippen LogP contribution in [-0.4, -0.2) is 62.9 Å². The molecule has 0 bridgehead atoms. The van der Waals surface area contributed by atoms with E-state index in [1.54, 1.807) is 36.5 Å². The molecule has 2 aromatic rings. The summed E-state index contributed by atoms with van der Waals surface area (Å²) in [5, 5.41) is 15.0. The SMILES string of the molecule is O=C(N[C@@H]1C[C@@H](C(=O)O)N(C(=O)CNc2c[nH]cn2)C1)c1ccccc1. The fraction of sp³-hybridized carbons (Fsp3) is 0.294. The molecule has 1 aliphatic heterocycles. The molecule has 2 heterocycles. The zero-order valence-electron chi connectivity index (χ0n) is 13.9. The number of anilines is 1. The molecule has 0 spiro atoms. The summed E-state index contributed by atoms with van der Waals surface area (Å²) in [5.41, 5.74) is 0.490. The van der Waals surface area contributed by atoms with Gasteiger partial charge in [-0.05, 0) is 12.1 Å². The van der Waals surface area contributed by atoms with Crippen LogP contribution in [0.4, 0.5) is 5.82 Å². The number of carboxylic acid groups (broad SMARTS) is 1. The molecule has 26 heavy (non-hydrogen) atoms. The topological polar surface area (TPSA) is 127 Å². The second-order valence-corrected chi connectivity index (χ2v) is 5.98. The van der Waals surface area contributed by atoms with E-state index in [0.29, 0.717) is 11.4 Å². The first-order chi connectivity index (χ1) is 12.5. The lowest BCUT2D eigenvalue weighted by Crippen LogP contribution is -2.44. The summed E-state index contributed by atoms with van der Waals surface area (Å²) in [4.78, 5) is 44.1. The summed E-state index contributed by atoms with van der Waals surface area (Å²) in [7, 11) is 0. The van der Waals surface area contributed by atoms with Crippen LogP contribution in [0, 0.1) is 0 Å². The van der Waals surface area contributed by atoms with Crippen molar-refractivity contribution in [1.29, 1.82) is 0 Å². The van der Waals surface area contributed by atoms with E-state index in [9.17, 15) is 19.5 Å². The maximum absolute atomic E-state index is 12.4. The second-order valence-electron chi connectivity index (χ2n) is 5.98. The number of hydrogen-bond acceptors (Lipinski definition) is 5. The van der Waals surface area contributed by atoms with Crippen LogP contribution in [0.2, 0.25) is 0 Å². The first-order valence-electron chi connectivity index (χ1n) is 8.15. The Morgan fingerprint density at radius 2 is 2.04 bits per heavy atom. The summed E-state index contributed by atoms with van der Waals surface area (Å²) in [5.74, 6) is -1.24. The van der Waals surface area contributed by atoms with Gasteiger partial charge in [-0.3, -0.25) is 9.59 Å². The van der Waals surface area contributed by atoms with Gasteiger partial charge in [0.15, 0.2) is 0 Å². The highest BCUT2D eigenvalue weighted by atomic mass is 16.4. The van der Waals surface area contributed by atoms with E-state index in [1.807, 2.05) is 0 Å². The number of likely N-dealkylation sites (tertiary alicyclic amines) is 1. The molecular weight excluding hydrogens is 338 g/mol. The summed E-state index contributed by atoms with van der Waals surface area (Å²) < 4.78 is 0. The van der Waals surface area contributed by atoms with Gasteiger partial charge in [0.2, 0.25) is 5.91 Å². The number of rotatable bonds is 6. The van der Waals surface area contributed by atoms with Crippen LogP contribution in [0.1, 0.15) is 16.8 Å². The van der Waals surface area contributed by atoms with Crippen LogP contribution in [0.5, 0.6) is 0 Å². The van der Waals surface area contributed by atoms with Crippen molar-refractivity contribution in [2.45, 2.75) is 18.5 Å². The molecule has 0 saturated carbocycles. The van der Waals surface area contributed by atoms with Gasteiger partial charge in [0, 0.05) is 30.8 Å². The number of nitrogens with one attached hydrogen (secondary N) is 3. The average molecular weight is 357 g/mol. The Kier molecular flexibility index (Phi) is 5.16. The van der Waals surface area contributed by atoms with Crippen LogP contribution < -0.4 is 10.6 Å². The van der Waals surface area contributed by atoms with Crippen LogP contribution in [0.15, 0.2) is 42.9 Å². The van der Waals surface area contributed by atoms with E-state index in [-0.39, 0.29) is 31.3 Å². The van der Waals surface area contributed by atoms with Crippen molar-refractivity contribution in [3.8, 4) is 0 Å². The summed E-state index contributed by atoms with van der Waals surface area (Å²) in [6, 6.07) is 7.27. The largest absolute Gasteiger partial charge is 0.480 e. The Labute approximate surface area is 149 Å². The van der Waals surface area contributed by atoms with Crippen molar-refractivity contribution in [3.05, 3.63) is 48.4 Å². The predicted octanol–water partition coefficient (Wildman–Crippen LogP) is 0.306. The number of H-pyrrole nitrogens is 1. The number of hydrogen-bond donors (Lipinski definition) is 4. The van der Waals surface area contributed by atoms with Gasteiger partial charge in [0.25, 0.3) is 5.91 Å². The molecule has 0 radical (unpaired) electrons. The van der Waals surface area contributed by atoms with Crippen molar-refractivity contribution in [3.63, 3.8) is 0 Å². The molecular formula is C17H19N5O4. The third-order valence-corrected chi connectivity index (χ3v) is 4.20. The van der Waals surface area contributed by atoms with Crippen molar-refractivity contribution >= 4 is 23.6 Å². The zero-order valence-corrected chi connectivity index (χ0v) is 13.9.